The van der Waals surface area contributed by atoms with Gasteiger partial charge in [-0.3, -0.25) is 14.3 Å². The molecule has 0 heterocycles. The molecule has 7 nitrogen and oxygen atoms in total. The van der Waals surface area contributed by atoms with Crippen LogP contribution < -0.4 is 15.4 Å². The van der Waals surface area contributed by atoms with Crippen LogP contribution in [0.15, 0.2) is 71.6 Å². The second kappa shape index (κ2) is 10.5. The van der Waals surface area contributed by atoms with Crippen molar-refractivity contribution < 1.29 is 18.0 Å². The average molecular weight is 480 g/mol. The Hall–Kier alpha value is -3.65. The summed E-state index contributed by atoms with van der Waals surface area (Å²) in [4.78, 5) is 25.9. The van der Waals surface area contributed by atoms with E-state index < -0.39 is 15.9 Å². The van der Waals surface area contributed by atoms with Gasteiger partial charge in [0.2, 0.25) is 0 Å². The van der Waals surface area contributed by atoms with Crippen molar-refractivity contribution in [1.29, 1.82) is 0 Å². The van der Waals surface area contributed by atoms with Crippen molar-refractivity contribution in [2.24, 2.45) is 0 Å². The highest BCUT2D eigenvalue weighted by molar-refractivity contribution is 7.92. The maximum Gasteiger partial charge on any atom is 0.261 e. The largest absolute Gasteiger partial charge is 0.350 e. The van der Waals surface area contributed by atoms with Gasteiger partial charge in [-0.25, -0.2) is 8.42 Å². The monoisotopic (exact) mass is 479 g/mol. The predicted molar refractivity (Wildman–Crippen MR) is 135 cm³/mol. The molecule has 34 heavy (non-hydrogen) atoms. The Morgan fingerprint density at radius 2 is 1.44 bits per heavy atom. The number of para-hydroxylation sites is 1. The average Bonchev–Trinajstić information content (AvgIpc) is 2.80. The second-order valence-corrected chi connectivity index (χ2v) is 9.86. The summed E-state index contributed by atoms with van der Waals surface area (Å²) < 4.78 is 28.2. The van der Waals surface area contributed by atoms with Crippen LogP contribution in [0.25, 0.3) is 0 Å². The molecule has 0 aliphatic heterocycles. The van der Waals surface area contributed by atoms with Crippen LogP contribution in [-0.2, 0) is 10.0 Å². The van der Waals surface area contributed by atoms with Crippen molar-refractivity contribution in [3.05, 3.63) is 89.0 Å². The van der Waals surface area contributed by atoms with Gasteiger partial charge in [0.25, 0.3) is 21.8 Å². The molecule has 0 radical (unpaired) electrons. The van der Waals surface area contributed by atoms with Crippen molar-refractivity contribution in [2.75, 3.05) is 10.0 Å². The number of aryl methyl sites for hydroxylation is 1. The van der Waals surface area contributed by atoms with E-state index in [0.717, 1.165) is 12.0 Å². The molecule has 0 aromatic heterocycles. The van der Waals surface area contributed by atoms with E-state index in [2.05, 4.69) is 15.4 Å². The molecule has 0 unspecified atom stereocenters. The minimum absolute atomic E-state index is 0.00302. The molecule has 0 bridgehead atoms. The van der Waals surface area contributed by atoms with Crippen LogP contribution in [-0.4, -0.2) is 26.3 Å². The lowest BCUT2D eigenvalue weighted by Crippen LogP contribution is -2.32. The molecule has 3 aromatic rings. The SMILES string of the molecule is CC[C@H](C)NC(=O)c1ccccc1NC(=O)c1cccc(NS(=O)(=O)c2ccc(C)cc2)c1C. The lowest BCUT2D eigenvalue weighted by Gasteiger charge is -2.16. The first-order chi connectivity index (χ1) is 16.1. The molecule has 0 saturated carbocycles. The quantitative estimate of drug-likeness (QED) is 0.428. The maximum atomic E-state index is 13.1. The van der Waals surface area contributed by atoms with Gasteiger partial charge in [0, 0.05) is 11.6 Å². The topological polar surface area (TPSA) is 104 Å². The number of benzene rings is 3. The summed E-state index contributed by atoms with van der Waals surface area (Å²) in [5, 5.41) is 5.69. The fourth-order valence-electron chi connectivity index (χ4n) is 3.30. The minimum Gasteiger partial charge on any atom is -0.350 e. The smallest absolute Gasteiger partial charge is 0.261 e. The van der Waals surface area contributed by atoms with Gasteiger partial charge in [-0.15, -0.1) is 0 Å². The summed E-state index contributed by atoms with van der Waals surface area (Å²) in [6, 6.07) is 18.1. The van der Waals surface area contributed by atoms with Gasteiger partial charge in [-0.1, -0.05) is 42.8 Å². The molecule has 0 aliphatic carbocycles. The van der Waals surface area contributed by atoms with Gasteiger partial charge in [0.1, 0.15) is 0 Å². The lowest BCUT2D eigenvalue weighted by atomic mass is 10.1. The summed E-state index contributed by atoms with van der Waals surface area (Å²) in [6.45, 7) is 7.43. The fraction of sp³-hybridized carbons (Fsp3) is 0.231. The number of anilines is 2. The van der Waals surface area contributed by atoms with Crippen LogP contribution >= 0.6 is 0 Å². The third-order valence-corrected chi connectivity index (χ3v) is 6.95. The number of nitrogens with one attached hydrogen (secondary N) is 3. The molecule has 0 spiro atoms. The van der Waals surface area contributed by atoms with Crippen LogP contribution in [0, 0.1) is 13.8 Å². The van der Waals surface area contributed by atoms with Gasteiger partial charge in [-0.05, 0) is 69.2 Å². The molecule has 8 heteroatoms. The number of carbonyl (C=O) groups excluding carboxylic acids is 2. The molecule has 1 atom stereocenters. The Kier molecular flexibility index (Phi) is 7.73. The molecule has 178 valence electrons. The van der Waals surface area contributed by atoms with E-state index in [1.165, 1.54) is 12.1 Å². The first kappa shape index (κ1) is 25.0. The van der Waals surface area contributed by atoms with Crippen molar-refractivity contribution in [2.45, 2.75) is 45.1 Å². The number of carbonyl (C=O) groups is 2. The van der Waals surface area contributed by atoms with Crippen LogP contribution in [0.2, 0.25) is 0 Å². The van der Waals surface area contributed by atoms with E-state index in [0.29, 0.717) is 28.1 Å². The molecule has 3 aromatic carbocycles. The summed E-state index contributed by atoms with van der Waals surface area (Å²) in [5.41, 5.74) is 2.74. The molecule has 0 aliphatic rings. The highest BCUT2D eigenvalue weighted by Gasteiger charge is 2.20. The third kappa shape index (κ3) is 5.82. The van der Waals surface area contributed by atoms with Crippen molar-refractivity contribution in [3.8, 4) is 0 Å². The summed E-state index contributed by atoms with van der Waals surface area (Å²) in [5.74, 6) is -0.723. The number of hydrogen-bond acceptors (Lipinski definition) is 4. The van der Waals surface area contributed by atoms with Gasteiger partial charge in [-0.2, -0.15) is 0 Å². The standard InChI is InChI=1S/C26H29N3O4S/c1-5-18(3)27-26(31)22-9-6-7-11-24(22)28-25(30)21-10-8-12-23(19(21)4)29-34(32,33)20-15-13-17(2)14-16-20/h6-16,18,29H,5H2,1-4H3,(H,27,31)(H,28,30)/t18-/m0/s1. The highest BCUT2D eigenvalue weighted by Crippen LogP contribution is 2.24. The molecule has 2 amide bonds. The molecule has 0 saturated heterocycles. The number of sulfonamides is 1. The van der Waals surface area contributed by atoms with Crippen LogP contribution in [0.5, 0.6) is 0 Å². The first-order valence-electron chi connectivity index (χ1n) is 11.0. The zero-order chi connectivity index (χ0) is 24.9. The number of amides is 2. The van der Waals surface area contributed by atoms with Gasteiger partial charge < -0.3 is 10.6 Å². The second-order valence-electron chi connectivity index (χ2n) is 8.18. The summed E-state index contributed by atoms with van der Waals surface area (Å²) in [7, 11) is -3.82. The Morgan fingerprint density at radius 1 is 0.824 bits per heavy atom. The summed E-state index contributed by atoms with van der Waals surface area (Å²) in [6.07, 6.45) is 0.782. The number of rotatable bonds is 8. The Labute approximate surface area is 200 Å². The van der Waals surface area contributed by atoms with E-state index >= 15 is 0 Å². The Balaban J connectivity index is 1.85. The molecular weight excluding hydrogens is 450 g/mol. The molecule has 3 N–H and O–H groups in total. The first-order valence-corrected chi connectivity index (χ1v) is 12.5. The molecule has 3 rings (SSSR count). The van der Waals surface area contributed by atoms with E-state index in [1.54, 1.807) is 61.5 Å². The maximum absolute atomic E-state index is 13.1. The third-order valence-electron chi connectivity index (χ3n) is 5.56. The van der Waals surface area contributed by atoms with E-state index in [1.807, 2.05) is 20.8 Å². The van der Waals surface area contributed by atoms with Crippen molar-refractivity contribution in [1.82, 2.24) is 5.32 Å². The van der Waals surface area contributed by atoms with Gasteiger partial charge in [0.05, 0.1) is 21.8 Å². The van der Waals surface area contributed by atoms with Crippen LogP contribution in [0.3, 0.4) is 0 Å². The van der Waals surface area contributed by atoms with Gasteiger partial charge >= 0.3 is 0 Å². The zero-order valence-electron chi connectivity index (χ0n) is 19.7. The normalized spacial score (nSPS) is 12.0. The van der Waals surface area contributed by atoms with Crippen LogP contribution in [0.1, 0.15) is 52.1 Å². The Morgan fingerprint density at radius 3 is 2.12 bits per heavy atom. The van der Waals surface area contributed by atoms with Crippen molar-refractivity contribution >= 4 is 33.2 Å². The molecular formula is C26H29N3O4S. The molecule has 0 fully saturated rings. The Bertz CT molecular complexity index is 1300. The van der Waals surface area contributed by atoms with E-state index in [9.17, 15) is 18.0 Å². The lowest BCUT2D eigenvalue weighted by molar-refractivity contribution is 0.0940. The van der Waals surface area contributed by atoms with E-state index in [-0.39, 0.29) is 16.8 Å². The van der Waals surface area contributed by atoms with Gasteiger partial charge in [0.15, 0.2) is 0 Å². The zero-order valence-corrected chi connectivity index (χ0v) is 20.5. The summed E-state index contributed by atoms with van der Waals surface area (Å²) >= 11 is 0. The van der Waals surface area contributed by atoms with E-state index in [4.69, 9.17) is 0 Å². The predicted octanol–water partition coefficient (Wildman–Crippen LogP) is 4.88. The highest BCUT2D eigenvalue weighted by atomic mass is 32.2. The fourth-order valence-corrected chi connectivity index (χ4v) is 4.42. The number of hydrogen-bond donors (Lipinski definition) is 3. The minimum atomic E-state index is -3.82. The van der Waals surface area contributed by atoms with Crippen LogP contribution in [0.4, 0.5) is 11.4 Å². The van der Waals surface area contributed by atoms with Crippen molar-refractivity contribution in [3.63, 3.8) is 0 Å².